The number of halogens is 1. The average molecular weight is 468 g/mol. The Morgan fingerprint density at radius 2 is 2.00 bits per heavy atom. The first-order valence-corrected chi connectivity index (χ1v) is 9.19. The van der Waals surface area contributed by atoms with Gasteiger partial charge in [0.05, 0.1) is 0 Å². The summed E-state index contributed by atoms with van der Waals surface area (Å²) in [5.74, 6) is 0.847. The predicted molar refractivity (Wildman–Crippen MR) is 119 cm³/mol. The Kier molecular flexibility index (Phi) is 8.27. The van der Waals surface area contributed by atoms with E-state index < -0.39 is 0 Å². The lowest BCUT2D eigenvalue weighted by atomic mass is 10.2. The van der Waals surface area contributed by atoms with Crippen LogP contribution in [0, 0.1) is 0 Å². The summed E-state index contributed by atoms with van der Waals surface area (Å²) < 4.78 is 0. The van der Waals surface area contributed by atoms with E-state index in [1.165, 1.54) is 16.1 Å². The van der Waals surface area contributed by atoms with Crippen LogP contribution in [0.2, 0.25) is 0 Å². The second-order valence-electron chi connectivity index (χ2n) is 5.73. The van der Waals surface area contributed by atoms with E-state index in [-0.39, 0.29) is 24.0 Å². The number of hydrogen-bond acceptors (Lipinski definition) is 3. The molecule has 0 saturated carbocycles. The van der Waals surface area contributed by atoms with Gasteiger partial charge in [-0.3, -0.25) is 4.99 Å². The molecule has 0 radical (unpaired) electrons. The molecule has 6 heteroatoms. The van der Waals surface area contributed by atoms with E-state index in [0.717, 1.165) is 38.6 Å². The monoisotopic (exact) mass is 468 g/mol. The Morgan fingerprint density at radius 3 is 2.72 bits per heavy atom. The molecule has 0 fully saturated rings. The minimum Gasteiger partial charge on any atom is -0.364 e. The van der Waals surface area contributed by atoms with E-state index in [1.54, 1.807) is 11.3 Å². The van der Waals surface area contributed by atoms with Crippen molar-refractivity contribution in [3.05, 3.63) is 64.4 Å². The summed E-state index contributed by atoms with van der Waals surface area (Å²) in [4.78, 5) is 8.05. The van der Waals surface area contributed by atoms with Gasteiger partial charge in [0.15, 0.2) is 5.96 Å². The maximum absolute atomic E-state index is 4.30. The number of anilines is 1. The summed E-state index contributed by atoms with van der Waals surface area (Å²) in [7, 11) is 1.81. The molecule has 0 amide bonds. The first-order valence-electron chi connectivity index (χ1n) is 8.31. The molecule has 4 nitrogen and oxygen atoms in total. The van der Waals surface area contributed by atoms with E-state index in [0.29, 0.717) is 0 Å². The van der Waals surface area contributed by atoms with Crippen molar-refractivity contribution in [2.45, 2.75) is 13.0 Å². The largest absolute Gasteiger partial charge is 0.364 e. The molecule has 0 spiro atoms. The highest BCUT2D eigenvalue weighted by molar-refractivity contribution is 14.0. The second-order valence-corrected chi connectivity index (χ2v) is 6.76. The van der Waals surface area contributed by atoms with Crippen molar-refractivity contribution >= 4 is 47.0 Å². The lowest BCUT2D eigenvalue weighted by molar-refractivity contribution is 0.799. The Hall–Kier alpha value is -1.54. The van der Waals surface area contributed by atoms with Crippen LogP contribution in [0.5, 0.6) is 0 Å². The van der Waals surface area contributed by atoms with Crippen LogP contribution < -0.4 is 15.5 Å². The number of thiophene rings is 1. The SMILES string of the molecule is CN=C(NCCc1cccs1)NCc1cccc(N2CC=CC2)c1.I. The number of aliphatic imine (C=N–C) groups is 1. The van der Waals surface area contributed by atoms with Crippen molar-refractivity contribution in [3.8, 4) is 0 Å². The van der Waals surface area contributed by atoms with E-state index >= 15 is 0 Å². The highest BCUT2D eigenvalue weighted by Crippen LogP contribution is 2.18. The molecule has 0 aliphatic carbocycles. The maximum Gasteiger partial charge on any atom is 0.191 e. The molecule has 0 saturated heterocycles. The van der Waals surface area contributed by atoms with Crippen LogP contribution in [0.4, 0.5) is 5.69 Å². The molecule has 1 aliphatic heterocycles. The summed E-state index contributed by atoms with van der Waals surface area (Å²) in [6.45, 7) is 3.67. The van der Waals surface area contributed by atoms with Crippen molar-refractivity contribution in [1.29, 1.82) is 0 Å². The quantitative estimate of drug-likeness (QED) is 0.294. The van der Waals surface area contributed by atoms with Gasteiger partial charge in [0.25, 0.3) is 0 Å². The van der Waals surface area contributed by atoms with Gasteiger partial charge in [-0.05, 0) is 35.6 Å². The summed E-state index contributed by atoms with van der Waals surface area (Å²) in [5, 5.41) is 8.88. The normalized spacial score (nSPS) is 13.6. The van der Waals surface area contributed by atoms with Crippen molar-refractivity contribution in [1.82, 2.24) is 10.6 Å². The highest BCUT2D eigenvalue weighted by Gasteiger charge is 2.08. The van der Waals surface area contributed by atoms with Crippen molar-refractivity contribution in [2.75, 3.05) is 31.6 Å². The molecule has 1 aromatic heterocycles. The third-order valence-corrected chi connectivity index (χ3v) is 4.96. The average Bonchev–Trinajstić information content (AvgIpc) is 3.31. The first-order chi connectivity index (χ1) is 11.8. The van der Waals surface area contributed by atoms with Crippen LogP contribution in [0.3, 0.4) is 0 Å². The highest BCUT2D eigenvalue weighted by atomic mass is 127. The summed E-state index contributed by atoms with van der Waals surface area (Å²) in [5.41, 5.74) is 2.54. The zero-order valence-electron chi connectivity index (χ0n) is 14.4. The minimum atomic E-state index is 0. The minimum absolute atomic E-state index is 0. The molecule has 2 aromatic rings. The van der Waals surface area contributed by atoms with Crippen LogP contribution in [0.15, 0.2) is 58.9 Å². The van der Waals surface area contributed by atoms with E-state index in [9.17, 15) is 0 Å². The lowest BCUT2D eigenvalue weighted by Gasteiger charge is -2.19. The molecular weight excluding hydrogens is 443 g/mol. The van der Waals surface area contributed by atoms with Crippen LogP contribution in [-0.4, -0.2) is 32.6 Å². The number of rotatable bonds is 6. The first kappa shape index (κ1) is 19.8. The zero-order valence-corrected chi connectivity index (χ0v) is 17.6. The van der Waals surface area contributed by atoms with Gasteiger partial charge in [-0.15, -0.1) is 35.3 Å². The van der Waals surface area contributed by atoms with Gasteiger partial charge in [-0.2, -0.15) is 0 Å². The fourth-order valence-corrected chi connectivity index (χ4v) is 3.43. The smallest absolute Gasteiger partial charge is 0.191 e. The Balaban J connectivity index is 0.00000225. The predicted octanol–water partition coefficient (Wildman–Crippen LogP) is 3.65. The topological polar surface area (TPSA) is 39.7 Å². The summed E-state index contributed by atoms with van der Waals surface area (Å²) >= 11 is 1.80. The van der Waals surface area contributed by atoms with Gasteiger partial charge in [0, 0.05) is 43.8 Å². The van der Waals surface area contributed by atoms with Crippen molar-refractivity contribution in [3.63, 3.8) is 0 Å². The second kappa shape index (κ2) is 10.5. The Morgan fingerprint density at radius 1 is 1.16 bits per heavy atom. The molecule has 0 unspecified atom stereocenters. The lowest BCUT2D eigenvalue weighted by Crippen LogP contribution is -2.37. The Labute approximate surface area is 171 Å². The molecule has 0 bridgehead atoms. The molecule has 1 aromatic carbocycles. The summed E-state index contributed by atoms with van der Waals surface area (Å²) in [6, 6.07) is 13.0. The molecule has 2 N–H and O–H groups in total. The fraction of sp³-hybridized carbons (Fsp3) is 0.316. The molecule has 25 heavy (non-hydrogen) atoms. The molecule has 3 rings (SSSR count). The van der Waals surface area contributed by atoms with Crippen LogP contribution in [-0.2, 0) is 13.0 Å². The Bertz CT molecular complexity index is 689. The molecular formula is C19H25IN4S. The zero-order chi connectivity index (χ0) is 16.6. The maximum atomic E-state index is 4.30. The van der Waals surface area contributed by atoms with Crippen LogP contribution in [0.1, 0.15) is 10.4 Å². The fourth-order valence-electron chi connectivity index (χ4n) is 2.72. The number of guanidine groups is 1. The van der Waals surface area contributed by atoms with E-state index in [2.05, 4.69) is 74.5 Å². The van der Waals surface area contributed by atoms with Gasteiger partial charge >= 0.3 is 0 Å². The number of benzene rings is 1. The third kappa shape index (κ3) is 6.04. The van der Waals surface area contributed by atoms with Gasteiger partial charge in [0.2, 0.25) is 0 Å². The molecule has 0 atom stereocenters. The summed E-state index contributed by atoms with van der Waals surface area (Å²) in [6.07, 6.45) is 5.45. The van der Waals surface area contributed by atoms with Crippen LogP contribution >= 0.6 is 35.3 Å². The number of nitrogens with zero attached hydrogens (tertiary/aromatic N) is 2. The van der Waals surface area contributed by atoms with Gasteiger partial charge in [0.1, 0.15) is 0 Å². The van der Waals surface area contributed by atoms with E-state index in [4.69, 9.17) is 0 Å². The molecule has 134 valence electrons. The molecule has 1 aliphatic rings. The van der Waals surface area contributed by atoms with E-state index in [1.807, 2.05) is 7.05 Å². The number of nitrogens with one attached hydrogen (secondary N) is 2. The standard InChI is InChI=1S/C19H24N4S.HI/c1-20-19(21-10-9-18-8-5-13-24-18)22-15-16-6-4-7-17(14-16)23-11-2-3-12-23;/h2-8,13-14H,9-12,15H2,1H3,(H2,20,21,22);1H. The van der Waals surface area contributed by atoms with Crippen LogP contribution in [0.25, 0.3) is 0 Å². The van der Waals surface area contributed by atoms with Crippen molar-refractivity contribution < 1.29 is 0 Å². The van der Waals surface area contributed by atoms with Crippen molar-refractivity contribution in [2.24, 2.45) is 4.99 Å². The molecule has 2 heterocycles. The van der Waals surface area contributed by atoms with Gasteiger partial charge in [-0.1, -0.05) is 30.4 Å². The third-order valence-electron chi connectivity index (χ3n) is 4.02. The van der Waals surface area contributed by atoms with Gasteiger partial charge < -0.3 is 15.5 Å². The number of hydrogen-bond donors (Lipinski definition) is 2. The van der Waals surface area contributed by atoms with Gasteiger partial charge in [-0.25, -0.2) is 0 Å².